The fraction of sp³-hybridized carbons (Fsp3) is 0.200. The highest BCUT2D eigenvalue weighted by atomic mass is 16.4. The quantitative estimate of drug-likeness (QED) is 0.810. The van der Waals surface area contributed by atoms with Crippen LogP contribution in [-0.2, 0) is 9.59 Å². The number of amides is 3. The molecule has 7 nitrogen and oxygen atoms in total. The first-order valence-electron chi connectivity index (χ1n) is 8.48. The van der Waals surface area contributed by atoms with Gasteiger partial charge < -0.3 is 10.4 Å². The number of aromatic carboxylic acids is 1. The molecule has 1 aliphatic rings. The van der Waals surface area contributed by atoms with Crippen molar-refractivity contribution in [3.05, 3.63) is 59.2 Å². The van der Waals surface area contributed by atoms with E-state index in [0.29, 0.717) is 24.9 Å². The van der Waals surface area contributed by atoms with Crippen LogP contribution in [0.3, 0.4) is 0 Å². The topological polar surface area (TPSA) is 104 Å². The lowest BCUT2D eigenvalue weighted by molar-refractivity contribution is -0.129. The summed E-state index contributed by atoms with van der Waals surface area (Å²) in [6.07, 6.45) is 1.19. The van der Waals surface area contributed by atoms with Gasteiger partial charge in [0.1, 0.15) is 0 Å². The van der Waals surface area contributed by atoms with Gasteiger partial charge in [0.25, 0.3) is 5.91 Å². The average Bonchev–Trinajstić information content (AvgIpc) is 2.62. The van der Waals surface area contributed by atoms with Crippen molar-refractivity contribution >= 4 is 35.1 Å². The molecule has 1 heterocycles. The molecule has 0 atom stereocenters. The van der Waals surface area contributed by atoms with E-state index < -0.39 is 11.9 Å². The first-order chi connectivity index (χ1) is 12.9. The molecule has 2 aromatic carbocycles. The monoisotopic (exact) mass is 366 g/mol. The summed E-state index contributed by atoms with van der Waals surface area (Å²) in [7, 11) is 0. The summed E-state index contributed by atoms with van der Waals surface area (Å²) in [4.78, 5) is 48.8. The number of benzene rings is 2. The molecule has 3 amide bonds. The number of anilines is 2. The van der Waals surface area contributed by atoms with Gasteiger partial charge in [-0.05, 0) is 55.3 Å². The second-order valence-corrected chi connectivity index (χ2v) is 6.33. The van der Waals surface area contributed by atoms with Crippen LogP contribution in [0, 0.1) is 6.92 Å². The number of piperidine rings is 1. The van der Waals surface area contributed by atoms with E-state index in [-0.39, 0.29) is 28.6 Å². The summed E-state index contributed by atoms with van der Waals surface area (Å²) in [5, 5.41) is 11.8. The first-order valence-corrected chi connectivity index (χ1v) is 8.48. The Morgan fingerprint density at radius 3 is 2.22 bits per heavy atom. The normalized spacial score (nSPS) is 14.2. The molecule has 3 rings (SSSR count). The Balaban J connectivity index is 1.81. The standard InChI is InChI=1S/C20H18N2O5/c1-12-5-10-15(20(26)27)16(11-12)21-19(25)13-6-8-14(9-7-13)22-17(23)3-2-4-18(22)24/h5-11H,2-4H2,1H3,(H,21,25)(H,26,27). The molecule has 0 spiro atoms. The van der Waals surface area contributed by atoms with Gasteiger partial charge in [-0.3, -0.25) is 19.3 Å². The lowest BCUT2D eigenvalue weighted by Gasteiger charge is -2.24. The van der Waals surface area contributed by atoms with Crippen LogP contribution in [0.5, 0.6) is 0 Å². The molecule has 0 radical (unpaired) electrons. The van der Waals surface area contributed by atoms with Crippen molar-refractivity contribution in [2.24, 2.45) is 0 Å². The molecule has 1 fully saturated rings. The minimum absolute atomic E-state index is 0.00456. The number of rotatable bonds is 4. The highest BCUT2D eigenvalue weighted by molar-refractivity contribution is 6.16. The molecule has 0 aromatic heterocycles. The lowest BCUT2D eigenvalue weighted by Crippen LogP contribution is -2.40. The average molecular weight is 366 g/mol. The largest absolute Gasteiger partial charge is 0.478 e. The Bertz CT molecular complexity index is 918. The fourth-order valence-corrected chi connectivity index (χ4v) is 2.95. The van der Waals surface area contributed by atoms with E-state index in [9.17, 15) is 24.3 Å². The van der Waals surface area contributed by atoms with Crippen LogP contribution in [0.25, 0.3) is 0 Å². The van der Waals surface area contributed by atoms with E-state index in [1.165, 1.54) is 30.3 Å². The lowest BCUT2D eigenvalue weighted by atomic mass is 10.1. The maximum Gasteiger partial charge on any atom is 0.337 e. The summed E-state index contributed by atoms with van der Waals surface area (Å²) >= 11 is 0. The molecule has 1 saturated heterocycles. The summed E-state index contributed by atoms with van der Waals surface area (Å²) in [5.74, 6) is -2.13. The van der Waals surface area contributed by atoms with Crippen molar-refractivity contribution in [3.63, 3.8) is 0 Å². The molecule has 7 heteroatoms. The molecule has 0 aliphatic carbocycles. The number of imide groups is 1. The summed E-state index contributed by atoms with van der Waals surface area (Å²) < 4.78 is 0. The molecule has 2 N–H and O–H groups in total. The van der Waals surface area contributed by atoms with Crippen molar-refractivity contribution in [1.82, 2.24) is 0 Å². The third-order valence-electron chi connectivity index (χ3n) is 4.32. The van der Waals surface area contributed by atoms with Gasteiger partial charge in [-0.2, -0.15) is 0 Å². The van der Waals surface area contributed by atoms with E-state index in [2.05, 4.69) is 5.32 Å². The Labute approximate surface area is 155 Å². The summed E-state index contributed by atoms with van der Waals surface area (Å²) in [6.45, 7) is 1.79. The van der Waals surface area contributed by atoms with Crippen LogP contribution in [0.4, 0.5) is 11.4 Å². The second kappa shape index (κ2) is 7.41. The Morgan fingerprint density at radius 2 is 1.63 bits per heavy atom. The van der Waals surface area contributed by atoms with Crippen molar-refractivity contribution in [1.29, 1.82) is 0 Å². The van der Waals surface area contributed by atoms with E-state index >= 15 is 0 Å². The van der Waals surface area contributed by atoms with Crippen LogP contribution in [-0.4, -0.2) is 28.8 Å². The Morgan fingerprint density at radius 1 is 1.00 bits per heavy atom. The maximum absolute atomic E-state index is 12.5. The molecule has 27 heavy (non-hydrogen) atoms. The van der Waals surface area contributed by atoms with Gasteiger partial charge in [0.05, 0.1) is 16.9 Å². The van der Waals surface area contributed by atoms with Gasteiger partial charge >= 0.3 is 5.97 Å². The van der Waals surface area contributed by atoms with Gasteiger partial charge in [0.15, 0.2) is 0 Å². The number of aryl methyl sites for hydroxylation is 1. The highest BCUT2D eigenvalue weighted by Gasteiger charge is 2.27. The molecular formula is C20H18N2O5. The third kappa shape index (κ3) is 3.87. The molecule has 2 aromatic rings. The number of nitrogens with one attached hydrogen (secondary N) is 1. The zero-order chi connectivity index (χ0) is 19.6. The number of carbonyl (C=O) groups is 4. The second-order valence-electron chi connectivity index (χ2n) is 6.33. The van der Waals surface area contributed by atoms with Gasteiger partial charge in [0.2, 0.25) is 11.8 Å². The zero-order valence-electron chi connectivity index (χ0n) is 14.7. The van der Waals surface area contributed by atoms with Crippen molar-refractivity contribution < 1.29 is 24.3 Å². The van der Waals surface area contributed by atoms with Crippen molar-refractivity contribution in [2.45, 2.75) is 26.2 Å². The Kier molecular flexibility index (Phi) is 5.03. The number of hydrogen-bond donors (Lipinski definition) is 2. The maximum atomic E-state index is 12.5. The van der Waals surface area contributed by atoms with E-state index in [1.807, 2.05) is 0 Å². The van der Waals surface area contributed by atoms with Gasteiger partial charge in [-0.1, -0.05) is 6.07 Å². The van der Waals surface area contributed by atoms with Crippen LogP contribution >= 0.6 is 0 Å². The van der Waals surface area contributed by atoms with Crippen LogP contribution in [0.2, 0.25) is 0 Å². The predicted molar refractivity (Wildman–Crippen MR) is 98.9 cm³/mol. The third-order valence-corrected chi connectivity index (χ3v) is 4.32. The minimum Gasteiger partial charge on any atom is -0.478 e. The highest BCUT2D eigenvalue weighted by Crippen LogP contribution is 2.23. The van der Waals surface area contributed by atoms with Gasteiger partial charge in [-0.15, -0.1) is 0 Å². The number of carboxylic acids is 1. The van der Waals surface area contributed by atoms with Crippen LogP contribution in [0.15, 0.2) is 42.5 Å². The fourth-order valence-electron chi connectivity index (χ4n) is 2.95. The van der Waals surface area contributed by atoms with E-state index in [4.69, 9.17) is 0 Å². The summed E-state index contributed by atoms with van der Waals surface area (Å²) in [5.41, 5.74) is 1.72. The molecule has 0 unspecified atom stereocenters. The van der Waals surface area contributed by atoms with Gasteiger partial charge in [0, 0.05) is 18.4 Å². The summed E-state index contributed by atoms with van der Waals surface area (Å²) in [6, 6.07) is 10.7. The number of nitrogens with zero attached hydrogens (tertiary/aromatic N) is 1. The van der Waals surface area contributed by atoms with Crippen molar-refractivity contribution in [2.75, 3.05) is 10.2 Å². The molecule has 1 aliphatic heterocycles. The predicted octanol–water partition coefficient (Wildman–Crippen LogP) is 2.99. The van der Waals surface area contributed by atoms with Gasteiger partial charge in [-0.25, -0.2) is 4.79 Å². The minimum atomic E-state index is -1.14. The Hall–Kier alpha value is -3.48. The molecular weight excluding hydrogens is 348 g/mol. The smallest absolute Gasteiger partial charge is 0.337 e. The van der Waals surface area contributed by atoms with Crippen LogP contribution < -0.4 is 10.2 Å². The van der Waals surface area contributed by atoms with E-state index in [0.717, 1.165) is 10.5 Å². The number of hydrogen-bond acceptors (Lipinski definition) is 4. The first kappa shape index (κ1) is 18.3. The number of carboxylic acid groups (broad SMARTS) is 1. The van der Waals surface area contributed by atoms with Crippen LogP contribution in [0.1, 0.15) is 45.5 Å². The zero-order valence-corrected chi connectivity index (χ0v) is 14.7. The molecule has 138 valence electrons. The molecule has 0 saturated carbocycles. The SMILES string of the molecule is Cc1ccc(C(=O)O)c(NC(=O)c2ccc(N3C(=O)CCCC3=O)cc2)c1. The molecule has 0 bridgehead atoms. The van der Waals surface area contributed by atoms with E-state index in [1.54, 1.807) is 19.1 Å². The number of carbonyl (C=O) groups excluding carboxylic acids is 3. The van der Waals surface area contributed by atoms with Crippen molar-refractivity contribution in [3.8, 4) is 0 Å².